The Hall–Kier alpha value is -1.43. The minimum absolute atomic E-state index is 0.351. The van der Waals surface area contributed by atoms with E-state index in [9.17, 15) is 4.79 Å². The number of aliphatic carboxylic acids is 1. The van der Waals surface area contributed by atoms with Crippen molar-refractivity contribution in [3.63, 3.8) is 0 Å². The van der Waals surface area contributed by atoms with Crippen molar-refractivity contribution >= 4 is 5.97 Å². The number of aromatic nitrogens is 2. The van der Waals surface area contributed by atoms with Crippen molar-refractivity contribution in [1.29, 1.82) is 0 Å². The largest absolute Gasteiger partial charge is 0.481 e. The molecular weight excluding hydrogens is 210 g/mol. The number of carboxylic acid groups (broad SMARTS) is 1. The highest BCUT2D eigenvalue weighted by molar-refractivity contribution is 5.75. The first-order valence-electron chi connectivity index (χ1n) is 5.01. The van der Waals surface area contributed by atoms with Crippen LogP contribution in [0.4, 0.5) is 0 Å². The zero-order valence-corrected chi connectivity index (χ0v) is 9.94. The third-order valence-electron chi connectivity index (χ3n) is 3.19. The first-order chi connectivity index (χ1) is 7.27. The molecule has 0 aliphatic heterocycles. The van der Waals surface area contributed by atoms with E-state index in [2.05, 4.69) is 15.5 Å². The number of nitrogens with one attached hydrogen (secondary N) is 1. The second kappa shape index (κ2) is 4.21. The van der Waals surface area contributed by atoms with Gasteiger partial charge < -0.3 is 14.9 Å². The monoisotopic (exact) mass is 227 g/mol. The highest BCUT2D eigenvalue weighted by Gasteiger charge is 2.43. The van der Waals surface area contributed by atoms with Crippen molar-refractivity contribution in [3.8, 4) is 0 Å². The molecule has 0 aromatic carbocycles. The molecule has 0 radical (unpaired) electrons. The van der Waals surface area contributed by atoms with Crippen molar-refractivity contribution in [2.45, 2.75) is 39.8 Å². The van der Waals surface area contributed by atoms with Crippen LogP contribution in [0.5, 0.6) is 0 Å². The van der Waals surface area contributed by atoms with Crippen LogP contribution in [0.3, 0.4) is 0 Å². The normalized spacial score (nSPS) is 12.8. The molecule has 0 bridgehead atoms. The molecule has 1 heterocycles. The molecule has 90 valence electrons. The molecule has 0 fully saturated rings. The number of nitrogens with zero attached hydrogens (tertiary/aromatic N) is 2. The second-order valence-corrected chi connectivity index (χ2v) is 4.74. The second-order valence-electron chi connectivity index (χ2n) is 4.74. The van der Waals surface area contributed by atoms with Gasteiger partial charge in [-0.1, -0.05) is 5.16 Å². The summed E-state index contributed by atoms with van der Waals surface area (Å²) in [5, 5.41) is 15.7. The van der Waals surface area contributed by atoms with Crippen LogP contribution in [-0.2, 0) is 11.3 Å². The minimum atomic E-state index is -0.896. The summed E-state index contributed by atoms with van der Waals surface area (Å²) < 4.78 is 4.83. The maximum Gasteiger partial charge on any atom is 0.310 e. The lowest BCUT2D eigenvalue weighted by molar-refractivity contribution is -0.151. The molecule has 0 atom stereocenters. The lowest BCUT2D eigenvalue weighted by atomic mass is 9.74. The molecule has 1 aromatic heterocycles. The third kappa shape index (κ3) is 2.38. The molecule has 2 N–H and O–H groups in total. The Morgan fingerprint density at radius 2 is 2.12 bits per heavy atom. The minimum Gasteiger partial charge on any atom is -0.481 e. The van der Waals surface area contributed by atoms with E-state index in [-0.39, 0.29) is 0 Å². The predicted octanol–water partition coefficient (Wildman–Crippen LogP) is 1.05. The fraction of sp³-hybridized carbons (Fsp3) is 0.700. The van der Waals surface area contributed by atoms with Crippen LogP contribution >= 0.6 is 0 Å². The average molecular weight is 227 g/mol. The molecule has 0 unspecified atom stereocenters. The zero-order chi connectivity index (χ0) is 12.4. The molecule has 0 saturated heterocycles. The van der Waals surface area contributed by atoms with Crippen molar-refractivity contribution in [1.82, 2.24) is 15.5 Å². The summed E-state index contributed by atoms with van der Waals surface area (Å²) in [6, 6.07) is 0. The van der Waals surface area contributed by atoms with Gasteiger partial charge in [0.25, 0.3) is 0 Å². The fourth-order valence-corrected chi connectivity index (χ4v) is 1.06. The van der Waals surface area contributed by atoms with Gasteiger partial charge in [-0.3, -0.25) is 4.79 Å². The molecule has 16 heavy (non-hydrogen) atoms. The highest BCUT2D eigenvalue weighted by atomic mass is 16.5. The molecule has 0 saturated carbocycles. The Bertz CT molecular complexity index is 357. The van der Waals surface area contributed by atoms with Crippen LogP contribution in [0.2, 0.25) is 0 Å². The molecule has 1 rings (SSSR count). The van der Waals surface area contributed by atoms with Crippen molar-refractivity contribution in [2.24, 2.45) is 5.41 Å². The number of hydrogen-bond acceptors (Lipinski definition) is 5. The SMILES string of the molecule is CC(C)(NCc1ncno1)C(C)(C)C(=O)O. The molecule has 0 amide bonds. The van der Waals surface area contributed by atoms with Gasteiger partial charge in [0.15, 0.2) is 6.33 Å². The molecule has 6 nitrogen and oxygen atoms in total. The quantitative estimate of drug-likeness (QED) is 0.781. The number of hydrogen-bond donors (Lipinski definition) is 2. The van der Waals surface area contributed by atoms with E-state index in [0.717, 1.165) is 0 Å². The maximum atomic E-state index is 11.1. The lowest BCUT2D eigenvalue weighted by Gasteiger charge is -2.38. The van der Waals surface area contributed by atoms with Crippen LogP contribution in [-0.4, -0.2) is 26.8 Å². The summed E-state index contributed by atoms with van der Waals surface area (Å²) in [5.41, 5.74) is -1.49. The van der Waals surface area contributed by atoms with Gasteiger partial charge >= 0.3 is 5.97 Å². The van der Waals surface area contributed by atoms with Crippen LogP contribution < -0.4 is 5.32 Å². The van der Waals surface area contributed by atoms with Gasteiger partial charge in [0.2, 0.25) is 5.89 Å². The highest BCUT2D eigenvalue weighted by Crippen LogP contribution is 2.30. The molecule has 0 aliphatic carbocycles. The Morgan fingerprint density at radius 1 is 1.50 bits per heavy atom. The number of carbonyl (C=O) groups is 1. The molecule has 0 aliphatic rings. The van der Waals surface area contributed by atoms with Gasteiger partial charge in [-0.2, -0.15) is 4.98 Å². The van der Waals surface area contributed by atoms with Crippen LogP contribution in [0.15, 0.2) is 10.9 Å². The first-order valence-corrected chi connectivity index (χ1v) is 5.01. The molecule has 1 aromatic rings. The van der Waals surface area contributed by atoms with Gasteiger partial charge in [-0.05, 0) is 27.7 Å². The maximum absolute atomic E-state index is 11.1. The Balaban J connectivity index is 2.68. The number of carboxylic acids is 1. The van der Waals surface area contributed by atoms with E-state index in [4.69, 9.17) is 9.63 Å². The van der Waals surface area contributed by atoms with Crippen molar-refractivity contribution in [2.75, 3.05) is 0 Å². The Kier molecular flexibility index (Phi) is 3.32. The Labute approximate surface area is 94.0 Å². The Morgan fingerprint density at radius 3 is 2.56 bits per heavy atom. The molecular formula is C10H17N3O3. The summed E-state index contributed by atoms with van der Waals surface area (Å²) in [5.74, 6) is -0.412. The van der Waals surface area contributed by atoms with E-state index in [1.807, 2.05) is 13.8 Å². The van der Waals surface area contributed by atoms with Crippen LogP contribution in [0.25, 0.3) is 0 Å². The number of rotatable bonds is 5. The van der Waals surface area contributed by atoms with Gasteiger partial charge in [0.1, 0.15) is 0 Å². The van der Waals surface area contributed by atoms with E-state index in [1.54, 1.807) is 13.8 Å². The summed E-state index contributed by atoms with van der Waals surface area (Å²) in [6.07, 6.45) is 1.31. The van der Waals surface area contributed by atoms with Gasteiger partial charge in [-0.15, -0.1) is 0 Å². The summed E-state index contributed by atoms with van der Waals surface area (Å²) in [4.78, 5) is 15.0. The standard InChI is InChI=1S/C10H17N3O3/c1-9(2,8(14)15)10(3,4)12-5-7-11-6-13-16-7/h6,12H,5H2,1-4H3,(H,14,15). The van der Waals surface area contributed by atoms with E-state index < -0.39 is 16.9 Å². The van der Waals surface area contributed by atoms with Crippen molar-refractivity contribution in [3.05, 3.63) is 12.2 Å². The van der Waals surface area contributed by atoms with Crippen LogP contribution in [0.1, 0.15) is 33.6 Å². The van der Waals surface area contributed by atoms with E-state index >= 15 is 0 Å². The predicted molar refractivity (Wildman–Crippen MR) is 56.6 cm³/mol. The van der Waals surface area contributed by atoms with E-state index in [1.165, 1.54) is 6.33 Å². The summed E-state index contributed by atoms with van der Waals surface area (Å²) in [7, 11) is 0. The smallest absolute Gasteiger partial charge is 0.310 e. The average Bonchev–Trinajstić information content (AvgIpc) is 2.66. The first kappa shape index (κ1) is 12.6. The fourth-order valence-electron chi connectivity index (χ4n) is 1.06. The summed E-state index contributed by atoms with van der Waals surface area (Å²) in [6.45, 7) is 7.37. The summed E-state index contributed by atoms with van der Waals surface area (Å²) >= 11 is 0. The van der Waals surface area contributed by atoms with Crippen LogP contribution in [0, 0.1) is 5.41 Å². The topological polar surface area (TPSA) is 88.3 Å². The molecule has 0 spiro atoms. The molecule has 6 heteroatoms. The van der Waals surface area contributed by atoms with E-state index in [0.29, 0.717) is 12.4 Å². The van der Waals surface area contributed by atoms with Gasteiger partial charge in [0, 0.05) is 5.54 Å². The zero-order valence-electron chi connectivity index (χ0n) is 9.94. The van der Waals surface area contributed by atoms with Crippen molar-refractivity contribution < 1.29 is 14.4 Å². The van der Waals surface area contributed by atoms with Gasteiger partial charge in [0.05, 0.1) is 12.0 Å². The lowest BCUT2D eigenvalue weighted by Crippen LogP contribution is -2.54. The van der Waals surface area contributed by atoms with Gasteiger partial charge in [-0.25, -0.2) is 0 Å². The third-order valence-corrected chi connectivity index (χ3v) is 3.19.